The monoisotopic (exact) mass is 460 g/mol. The molecule has 1 N–H and O–H groups in total. The zero-order chi connectivity index (χ0) is 22.8. The van der Waals surface area contributed by atoms with Gasteiger partial charge in [0.2, 0.25) is 5.28 Å². The standard InChI is InChI=1S/C17H16ClF3N6O4/c1-2-3-6-26-11-12(25-7-4-22-5-8-25)23-15(18)24-13(11)27(16(26)30)9-10(28)31-14(29)17(19,20)21/h22H,4-9H2,1H3. The number of halogens is 4. The summed E-state index contributed by atoms with van der Waals surface area (Å²) in [6.07, 6.45) is -5.35. The number of ether oxygens (including phenoxy) is 1. The van der Waals surface area contributed by atoms with Crippen LogP contribution in [0.15, 0.2) is 4.79 Å². The van der Waals surface area contributed by atoms with Crippen LogP contribution in [-0.2, 0) is 27.4 Å². The van der Waals surface area contributed by atoms with Crippen molar-refractivity contribution in [2.24, 2.45) is 0 Å². The van der Waals surface area contributed by atoms with E-state index in [1.165, 1.54) is 4.57 Å². The van der Waals surface area contributed by atoms with Crippen LogP contribution in [0.4, 0.5) is 19.0 Å². The highest BCUT2D eigenvalue weighted by Gasteiger charge is 2.42. The molecule has 0 bridgehead atoms. The number of anilines is 1. The first-order valence-electron chi connectivity index (χ1n) is 8.97. The van der Waals surface area contributed by atoms with Crippen molar-refractivity contribution in [3.05, 3.63) is 15.8 Å². The van der Waals surface area contributed by atoms with Gasteiger partial charge in [0.25, 0.3) is 0 Å². The van der Waals surface area contributed by atoms with Gasteiger partial charge in [0.15, 0.2) is 11.5 Å². The van der Waals surface area contributed by atoms with Crippen molar-refractivity contribution in [3.8, 4) is 11.8 Å². The number of carbonyl (C=O) groups is 2. The number of hydrogen-bond donors (Lipinski definition) is 1. The number of hydrogen-bond acceptors (Lipinski definition) is 8. The summed E-state index contributed by atoms with van der Waals surface area (Å²) in [6, 6.07) is 0. The zero-order valence-corrected chi connectivity index (χ0v) is 16.9. The highest BCUT2D eigenvalue weighted by molar-refractivity contribution is 6.28. The molecule has 1 saturated heterocycles. The topological polar surface area (TPSA) is 111 Å². The lowest BCUT2D eigenvalue weighted by Crippen LogP contribution is -2.44. The van der Waals surface area contributed by atoms with Crippen LogP contribution in [0, 0.1) is 11.8 Å². The third-order valence-electron chi connectivity index (χ3n) is 4.36. The Morgan fingerprint density at radius 2 is 1.90 bits per heavy atom. The number of fused-ring (bicyclic) bond motifs is 1. The highest BCUT2D eigenvalue weighted by Crippen LogP contribution is 2.26. The molecule has 0 aliphatic carbocycles. The molecule has 0 radical (unpaired) electrons. The van der Waals surface area contributed by atoms with Gasteiger partial charge in [0, 0.05) is 26.2 Å². The number of imidazole rings is 1. The Labute approximate surface area is 177 Å². The minimum Gasteiger partial charge on any atom is -0.385 e. The van der Waals surface area contributed by atoms with E-state index < -0.39 is 30.3 Å². The van der Waals surface area contributed by atoms with E-state index in [0.717, 1.165) is 4.57 Å². The molecule has 3 heterocycles. The molecule has 0 aromatic carbocycles. The Hall–Kier alpha value is -3.11. The van der Waals surface area contributed by atoms with Crippen molar-refractivity contribution in [2.75, 3.05) is 31.1 Å². The summed E-state index contributed by atoms with van der Waals surface area (Å²) in [5, 5.41) is 2.94. The van der Waals surface area contributed by atoms with Crippen LogP contribution >= 0.6 is 11.6 Å². The predicted octanol–water partition coefficient (Wildman–Crippen LogP) is 0.311. The largest absolute Gasteiger partial charge is 0.491 e. The van der Waals surface area contributed by atoms with Gasteiger partial charge < -0.3 is 15.0 Å². The number of nitrogens with zero attached hydrogens (tertiary/aromatic N) is 5. The number of piperazine rings is 1. The zero-order valence-electron chi connectivity index (χ0n) is 16.1. The van der Waals surface area contributed by atoms with Crippen LogP contribution in [0.2, 0.25) is 5.28 Å². The molecule has 31 heavy (non-hydrogen) atoms. The average molecular weight is 461 g/mol. The van der Waals surface area contributed by atoms with Crippen molar-refractivity contribution < 1.29 is 27.5 Å². The molecule has 0 amide bonds. The summed E-state index contributed by atoms with van der Waals surface area (Å²) in [7, 11) is 0. The lowest BCUT2D eigenvalue weighted by atomic mass is 10.3. The van der Waals surface area contributed by atoms with Gasteiger partial charge in [0.1, 0.15) is 12.1 Å². The van der Waals surface area contributed by atoms with Crippen molar-refractivity contribution >= 4 is 40.5 Å². The molecule has 0 unspecified atom stereocenters. The smallest absolute Gasteiger partial charge is 0.385 e. The van der Waals surface area contributed by atoms with Gasteiger partial charge in [-0.05, 0) is 18.5 Å². The van der Waals surface area contributed by atoms with Gasteiger partial charge in [-0.25, -0.2) is 14.4 Å². The number of rotatable bonds is 4. The maximum Gasteiger partial charge on any atom is 0.491 e. The first kappa shape index (κ1) is 22.6. The Kier molecular flexibility index (Phi) is 6.51. The second kappa shape index (κ2) is 8.94. The summed E-state index contributed by atoms with van der Waals surface area (Å²) >= 11 is 6.03. The van der Waals surface area contributed by atoms with Gasteiger partial charge in [0.05, 0.1) is 6.54 Å². The van der Waals surface area contributed by atoms with Crippen molar-refractivity contribution in [1.29, 1.82) is 0 Å². The van der Waals surface area contributed by atoms with E-state index in [4.69, 9.17) is 11.6 Å². The second-order valence-electron chi connectivity index (χ2n) is 6.37. The number of esters is 2. The van der Waals surface area contributed by atoms with Gasteiger partial charge in [-0.2, -0.15) is 23.1 Å². The average Bonchev–Trinajstić information content (AvgIpc) is 2.96. The molecule has 3 rings (SSSR count). The third-order valence-corrected chi connectivity index (χ3v) is 4.53. The maximum absolute atomic E-state index is 13.0. The van der Waals surface area contributed by atoms with Crippen LogP contribution in [0.5, 0.6) is 0 Å². The van der Waals surface area contributed by atoms with Gasteiger partial charge in [-0.1, -0.05) is 5.92 Å². The highest BCUT2D eigenvalue weighted by atomic mass is 35.5. The first-order chi connectivity index (χ1) is 14.6. The van der Waals surface area contributed by atoms with Crippen LogP contribution in [0.25, 0.3) is 11.2 Å². The number of alkyl halides is 3. The molecule has 166 valence electrons. The molecule has 10 nitrogen and oxygen atoms in total. The minimum atomic E-state index is -5.35. The lowest BCUT2D eigenvalue weighted by Gasteiger charge is -2.28. The van der Waals surface area contributed by atoms with Crippen molar-refractivity contribution in [2.45, 2.75) is 26.2 Å². The van der Waals surface area contributed by atoms with Gasteiger partial charge in [-0.3, -0.25) is 9.13 Å². The Morgan fingerprint density at radius 1 is 1.23 bits per heavy atom. The number of carbonyl (C=O) groups excluding carboxylic acids is 2. The quantitative estimate of drug-likeness (QED) is 0.300. The summed E-state index contributed by atoms with van der Waals surface area (Å²) in [6.45, 7) is 2.88. The molecule has 1 aliphatic heterocycles. The maximum atomic E-state index is 13.0. The van der Waals surface area contributed by atoms with Crippen LogP contribution in [0.3, 0.4) is 0 Å². The molecule has 2 aromatic heterocycles. The van der Waals surface area contributed by atoms with Gasteiger partial charge in [-0.15, -0.1) is 5.92 Å². The molecule has 2 aromatic rings. The van der Waals surface area contributed by atoms with Crippen molar-refractivity contribution in [3.63, 3.8) is 0 Å². The second-order valence-corrected chi connectivity index (χ2v) is 6.70. The SMILES string of the molecule is CC#CCn1c(=O)n(CC(=O)OC(=O)C(F)(F)F)c2nc(Cl)nc(N3CCNCC3)c21. The molecule has 0 spiro atoms. The molecule has 14 heteroatoms. The Morgan fingerprint density at radius 3 is 2.52 bits per heavy atom. The van der Waals surface area contributed by atoms with Crippen LogP contribution in [0.1, 0.15) is 6.92 Å². The van der Waals surface area contributed by atoms with E-state index in [1.54, 1.807) is 6.92 Å². The summed E-state index contributed by atoms with van der Waals surface area (Å²) in [4.78, 5) is 45.9. The fraction of sp³-hybridized carbons (Fsp3) is 0.471. The summed E-state index contributed by atoms with van der Waals surface area (Å²) < 4.78 is 42.9. The first-order valence-corrected chi connectivity index (χ1v) is 9.35. The van der Waals surface area contributed by atoms with Gasteiger partial charge >= 0.3 is 23.8 Å². The summed E-state index contributed by atoms with van der Waals surface area (Å²) in [5.41, 5.74) is -0.663. The van der Waals surface area contributed by atoms with E-state index >= 15 is 0 Å². The Balaban J connectivity index is 2.11. The molecule has 1 fully saturated rings. The van der Waals surface area contributed by atoms with Crippen molar-refractivity contribution in [1.82, 2.24) is 24.4 Å². The molecule has 0 saturated carbocycles. The lowest BCUT2D eigenvalue weighted by molar-refractivity contribution is -0.202. The van der Waals surface area contributed by atoms with Crippen LogP contribution in [-0.4, -0.2) is 63.4 Å². The van der Waals surface area contributed by atoms with E-state index in [1.807, 2.05) is 4.90 Å². The van der Waals surface area contributed by atoms with Crippen LogP contribution < -0.4 is 15.9 Å². The normalized spacial score (nSPS) is 14.3. The van der Waals surface area contributed by atoms with E-state index in [-0.39, 0.29) is 23.0 Å². The summed E-state index contributed by atoms with van der Waals surface area (Å²) in [5.74, 6) is 1.43. The predicted molar refractivity (Wildman–Crippen MR) is 102 cm³/mol. The molecular formula is C17H16ClF3N6O4. The molecule has 1 aliphatic rings. The minimum absolute atomic E-state index is 0.0839. The fourth-order valence-corrected chi connectivity index (χ4v) is 3.19. The van der Waals surface area contributed by atoms with E-state index in [0.29, 0.717) is 32.0 Å². The molecule has 0 atom stereocenters. The number of nitrogens with one attached hydrogen (secondary N) is 1. The van der Waals surface area contributed by atoms with E-state index in [9.17, 15) is 27.6 Å². The Bertz CT molecular complexity index is 1140. The fourth-order valence-electron chi connectivity index (χ4n) is 3.03. The molecular weight excluding hydrogens is 445 g/mol. The van der Waals surface area contributed by atoms with E-state index in [2.05, 4.69) is 31.9 Å². The third kappa shape index (κ3) is 4.80. The number of aromatic nitrogens is 4.